The molecule has 1 aliphatic rings. The number of ketones is 1. The van der Waals surface area contributed by atoms with Gasteiger partial charge in [-0.05, 0) is 38.1 Å². The zero-order chi connectivity index (χ0) is 18.7. The Morgan fingerprint density at radius 3 is 2.00 bits per heavy atom. The Labute approximate surface area is 142 Å². The monoisotopic (exact) mass is 345 g/mol. The Balaban J connectivity index is 2.35. The topological polar surface area (TPSA) is 148 Å². The number of aliphatic hydroxyl groups excluding tert-OH is 1. The number of carbonyl (C=O) groups is 4. The SMILES string of the molecule is CC(=O)C1=C(O)C(=C(C)Nc2ccc(NC(N)=O)cc2)C(=O)OC1=O. The lowest BCUT2D eigenvalue weighted by Crippen LogP contribution is -2.29. The van der Waals surface area contributed by atoms with Crippen LogP contribution in [0.2, 0.25) is 0 Å². The minimum absolute atomic E-state index is 0.171. The third kappa shape index (κ3) is 3.83. The van der Waals surface area contributed by atoms with Gasteiger partial charge in [-0.15, -0.1) is 0 Å². The van der Waals surface area contributed by atoms with Crippen molar-refractivity contribution in [2.75, 3.05) is 10.6 Å². The molecule has 2 rings (SSSR count). The molecule has 0 bridgehead atoms. The van der Waals surface area contributed by atoms with Crippen LogP contribution in [0, 0.1) is 0 Å². The maximum atomic E-state index is 11.9. The van der Waals surface area contributed by atoms with Crippen LogP contribution in [-0.2, 0) is 19.1 Å². The molecule has 1 aromatic carbocycles. The summed E-state index contributed by atoms with van der Waals surface area (Å²) in [4.78, 5) is 45.7. The highest BCUT2D eigenvalue weighted by molar-refractivity contribution is 6.23. The molecular weight excluding hydrogens is 330 g/mol. The minimum atomic E-state index is -1.19. The van der Waals surface area contributed by atoms with Crippen LogP contribution in [0.25, 0.3) is 0 Å². The predicted octanol–water partition coefficient (Wildman–Crippen LogP) is 1.35. The molecule has 2 amide bonds. The number of urea groups is 1. The van der Waals surface area contributed by atoms with E-state index in [4.69, 9.17) is 5.73 Å². The van der Waals surface area contributed by atoms with E-state index >= 15 is 0 Å². The average Bonchev–Trinajstić information content (AvgIpc) is 2.47. The number of benzene rings is 1. The van der Waals surface area contributed by atoms with Crippen LogP contribution in [0.1, 0.15) is 13.8 Å². The molecule has 130 valence electrons. The Morgan fingerprint density at radius 2 is 1.52 bits per heavy atom. The molecule has 0 unspecified atom stereocenters. The van der Waals surface area contributed by atoms with Gasteiger partial charge in [0.25, 0.3) is 0 Å². The van der Waals surface area contributed by atoms with Crippen LogP contribution in [0.5, 0.6) is 0 Å². The van der Waals surface area contributed by atoms with Gasteiger partial charge in [-0.3, -0.25) is 4.79 Å². The van der Waals surface area contributed by atoms with Crippen LogP contribution in [0.15, 0.2) is 46.9 Å². The molecule has 0 aromatic heterocycles. The lowest BCUT2D eigenvalue weighted by atomic mass is 10.0. The molecule has 1 heterocycles. The molecule has 25 heavy (non-hydrogen) atoms. The van der Waals surface area contributed by atoms with Gasteiger partial charge in [0.1, 0.15) is 16.9 Å². The van der Waals surface area contributed by atoms with Crippen molar-refractivity contribution in [2.45, 2.75) is 13.8 Å². The maximum Gasteiger partial charge on any atom is 0.353 e. The summed E-state index contributed by atoms with van der Waals surface area (Å²) in [6, 6.07) is 5.58. The number of cyclic esters (lactones) is 2. The van der Waals surface area contributed by atoms with E-state index in [1.165, 1.54) is 6.92 Å². The number of ether oxygens (including phenoxy) is 1. The zero-order valence-electron chi connectivity index (χ0n) is 13.4. The Morgan fingerprint density at radius 1 is 1.00 bits per heavy atom. The standard InChI is InChI=1S/C16H15N3O6/c1-7(18-9-3-5-10(6-4-9)19-16(17)24)11-13(21)12(8(2)20)15(23)25-14(11)22/h3-6,18,21H,1-2H3,(H3,17,19,24). The molecule has 1 aliphatic heterocycles. The van der Waals surface area contributed by atoms with E-state index < -0.39 is 35.1 Å². The largest absolute Gasteiger partial charge is 0.506 e. The summed E-state index contributed by atoms with van der Waals surface area (Å²) < 4.78 is 4.49. The van der Waals surface area contributed by atoms with E-state index in [2.05, 4.69) is 15.4 Å². The van der Waals surface area contributed by atoms with Gasteiger partial charge in [-0.1, -0.05) is 0 Å². The summed E-state index contributed by atoms with van der Waals surface area (Å²) in [6.45, 7) is 2.55. The first-order valence-electron chi connectivity index (χ1n) is 7.06. The fraction of sp³-hybridized carbons (Fsp3) is 0.125. The van der Waals surface area contributed by atoms with Crippen molar-refractivity contribution in [3.05, 3.63) is 46.9 Å². The number of hydrogen-bond donors (Lipinski definition) is 4. The number of anilines is 2. The molecule has 0 spiro atoms. The number of nitrogens with two attached hydrogens (primary N) is 1. The fourth-order valence-electron chi connectivity index (χ4n) is 2.20. The number of rotatable bonds is 4. The number of Topliss-reactive ketones (excluding diaryl/α,β-unsaturated/α-hetero) is 1. The second-order valence-electron chi connectivity index (χ2n) is 5.15. The average molecular weight is 345 g/mol. The predicted molar refractivity (Wildman–Crippen MR) is 87.4 cm³/mol. The van der Waals surface area contributed by atoms with Crippen molar-refractivity contribution >= 4 is 35.1 Å². The second-order valence-corrected chi connectivity index (χ2v) is 5.15. The maximum absolute atomic E-state index is 11.9. The Hall–Kier alpha value is -3.62. The summed E-state index contributed by atoms with van der Waals surface area (Å²) in [7, 11) is 0. The number of amides is 2. The molecule has 9 heteroatoms. The summed E-state index contributed by atoms with van der Waals surface area (Å²) in [6.07, 6.45) is 0. The van der Waals surface area contributed by atoms with Crippen molar-refractivity contribution in [3.63, 3.8) is 0 Å². The third-order valence-electron chi connectivity index (χ3n) is 3.28. The van der Waals surface area contributed by atoms with Crippen molar-refractivity contribution in [3.8, 4) is 0 Å². The molecule has 0 saturated carbocycles. The zero-order valence-corrected chi connectivity index (χ0v) is 13.4. The van der Waals surface area contributed by atoms with E-state index in [-0.39, 0.29) is 11.3 Å². The lowest BCUT2D eigenvalue weighted by Gasteiger charge is -2.18. The first kappa shape index (κ1) is 17.7. The molecule has 9 nitrogen and oxygen atoms in total. The van der Waals surface area contributed by atoms with Crippen molar-refractivity contribution in [1.29, 1.82) is 0 Å². The number of hydrogen-bond acceptors (Lipinski definition) is 7. The highest BCUT2D eigenvalue weighted by Gasteiger charge is 2.36. The summed E-state index contributed by atoms with van der Waals surface area (Å²) in [5.41, 5.74) is 5.26. The normalized spacial score (nSPS) is 16.2. The van der Waals surface area contributed by atoms with Crippen LogP contribution in [0.3, 0.4) is 0 Å². The molecule has 1 aromatic rings. The number of carbonyl (C=O) groups excluding carboxylic acids is 4. The van der Waals surface area contributed by atoms with E-state index in [1.54, 1.807) is 24.3 Å². The van der Waals surface area contributed by atoms with Gasteiger partial charge < -0.3 is 26.2 Å². The number of nitrogens with one attached hydrogen (secondary N) is 2. The van der Waals surface area contributed by atoms with Gasteiger partial charge in [-0.2, -0.15) is 0 Å². The first-order chi connectivity index (χ1) is 11.7. The van der Waals surface area contributed by atoms with Crippen LogP contribution >= 0.6 is 0 Å². The van der Waals surface area contributed by atoms with Gasteiger partial charge in [-0.25, -0.2) is 14.4 Å². The van der Waals surface area contributed by atoms with Crippen LogP contribution in [-0.4, -0.2) is 28.9 Å². The highest BCUT2D eigenvalue weighted by atomic mass is 16.6. The highest BCUT2D eigenvalue weighted by Crippen LogP contribution is 2.26. The Kier molecular flexibility index (Phi) is 4.87. The molecule has 5 N–H and O–H groups in total. The second kappa shape index (κ2) is 6.87. The van der Waals surface area contributed by atoms with E-state index in [0.29, 0.717) is 11.4 Å². The molecule has 0 saturated heterocycles. The summed E-state index contributed by atoms with van der Waals surface area (Å²) in [5.74, 6) is -3.70. The lowest BCUT2D eigenvalue weighted by molar-refractivity contribution is -0.155. The fourth-order valence-corrected chi connectivity index (χ4v) is 2.20. The van der Waals surface area contributed by atoms with E-state index in [0.717, 1.165) is 6.92 Å². The van der Waals surface area contributed by atoms with Crippen LogP contribution in [0.4, 0.5) is 16.2 Å². The van der Waals surface area contributed by atoms with Crippen molar-refractivity contribution < 1.29 is 29.0 Å². The minimum Gasteiger partial charge on any atom is -0.506 e. The van der Waals surface area contributed by atoms with Gasteiger partial charge in [0, 0.05) is 17.1 Å². The van der Waals surface area contributed by atoms with Gasteiger partial charge in [0.2, 0.25) is 0 Å². The van der Waals surface area contributed by atoms with Gasteiger partial charge >= 0.3 is 18.0 Å². The molecule has 0 atom stereocenters. The van der Waals surface area contributed by atoms with Crippen molar-refractivity contribution in [2.24, 2.45) is 5.73 Å². The Bertz CT molecular complexity index is 836. The molecule has 0 radical (unpaired) electrons. The van der Waals surface area contributed by atoms with Crippen molar-refractivity contribution in [1.82, 2.24) is 0 Å². The van der Waals surface area contributed by atoms with Gasteiger partial charge in [0.15, 0.2) is 5.78 Å². The van der Waals surface area contributed by atoms with E-state index in [9.17, 15) is 24.3 Å². The quantitative estimate of drug-likeness (QED) is 0.278. The number of esters is 2. The summed E-state index contributed by atoms with van der Waals surface area (Å²) >= 11 is 0. The molecule has 0 aliphatic carbocycles. The number of aliphatic hydroxyl groups is 1. The molecular formula is C16H15N3O6. The smallest absolute Gasteiger partial charge is 0.353 e. The van der Waals surface area contributed by atoms with Crippen LogP contribution < -0.4 is 16.4 Å². The first-order valence-corrected chi connectivity index (χ1v) is 7.06. The van der Waals surface area contributed by atoms with E-state index in [1.807, 2.05) is 0 Å². The summed E-state index contributed by atoms with van der Waals surface area (Å²) in [5, 5.41) is 15.3. The van der Waals surface area contributed by atoms with Gasteiger partial charge in [0.05, 0.1) is 0 Å². The molecule has 0 fully saturated rings. The number of allylic oxidation sites excluding steroid dienone is 1. The third-order valence-corrected chi connectivity index (χ3v) is 3.28. The number of primary amides is 1.